The molecule has 1 aromatic carbocycles. The van der Waals surface area contributed by atoms with Crippen LogP contribution < -0.4 is 0 Å². The van der Waals surface area contributed by atoms with Gasteiger partial charge in [-0.15, -0.1) is 0 Å². The van der Waals surface area contributed by atoms with Gasteiger partial charge in [0.2, 0.25) is 0 Å². The number of benzene rings is 1. The monoisotopic (exact) mass is 374 g/mol. The fraction of sp³-hybridized carbons (Fsp3) is 0.565. The van der Waals surface area contributed by atoms with Gasteiger partial charge in [-0.3, -0.25) is 4.79 Å². The van der Waals surface area contributed by atoms with Crippen molar-refractivity contribution in [1.82, 2.24) is 0 Å². The number of rotatable bonds is 11. The molecule has 0 heterocycles. The zero-order chi connectivity index (χ0) is 20.3. The molecule has 0 fully saturated rings. The summed E-state index contributed by atoms with van der Waals surface area (Å²) in [7, 11) is 0. The molecular weight excluding hydrogens is 340 g/mol. The van der Waals surface area contributed by atoms with E-state index in [9.17, 15) is 9.59 Å². The van der Waals surface area contributed by atoms with Crippen molar-refractivity contribution in [3.05, 3.63) is 48.2 Å². The number of esters is 2. The molecule has 1 aromatic rings. The molecule has 1 rings (SSSR count). The van der Waals surface area contributed by atoms with Crippen molar-refractivity contribution in [2.45, 2.75) is 72.1 Å². The third-order valence-electron chi connectivity index (χ3n) is 4.44. The summed E-state index contributed by atoms with van der Waals surface area (Å²) in [4.78, 5) is 25.0. The summed E-state index contributed by atoms with van der Waals surface area (Å²) in [6.07, 6.45) is 6.53. The van der Waals surface area contributed by atoms with Crippen molar-refractivity contribution in [3.8, 4) is 0 Å². The van der Waals surface area contributed by atoms with Gasteiger partial charge in [0.05, 0.1) is 24.4 Å². The second-order valence-corrected chi connectivity index (χ2v) is 8.04. The van der Waals surface area contributed by atoms with Crippen molar-refractivity contribution in [2.24, 2.45) is 5.41 Å². The number of carbonyl (C=O) groups excluding carboxylic acids is 2. The smallest absolute Gasteiger partial charge is 0.338 e. The number of carbonyl (C=O) groups is 2. The molecule has 1 atom stereocenters. The van der Waals surface area contributed by atoms with Gasteiger partial charge in [0.1, 0.15) is 0 Å². The number of hydrogen-bond acceptors (Lipinski definition) is 4. The number of ether oxygens (including phenoxy) is 2. The van der Waals surface area contributed by atoms with Crippen molar-refractivity contribution in [3.63, 3.8) is 0 Å². The molecule has 0 saturated heterocycles. The largest absolute Gasteiger partial charge is 0.462 e. The molecule has 0 aliphatic carbocycles. The molecule has 0 amide bonds. The van der Waals surface area contributed by atoms with Crippen molar-refractivity contribution < 1.29 is 19.1 Å². The summed E-state index contributed by atoms with van der Waals surface area (Å²) in [5.74, 6) is -1.27. The van der Waals surface area contributed by atoms with E-state index in [0.29, 0.717) is 24.2 Å². The van der Waals surface area contributed by atoms with Crippen LogP contribution in [0.3, 0.4) is 0 Å². The highest BCUT2D eigenvalue weighted by Gasteiger charge is 2.27. The molecule has 0 bridgehead atoms. The van der Waals surface area contributed by atoms with E-state index in [0.717, 1.165) is 38.4 Å². The van der Waals surface area contributed by atoms with Gasteiger partial charge < -0.3 is 9.47 Å². The second kappa shape index (κ2) is 11.6. The molecular formula is C23H34O4. The van der Waals surface area contributed by atoms with Gasteiger partial charge in [-0.2, -0.15) is 0 Å². The first-order valence-electron chi connectivity index (χ1n) is 9.87. The van der Waals surface area contributed by atoms with Crippen LogP contribution in [-0.4, -0.2) is 18.5 Å². The van der Waals surface area contributed by atoms with Gasteiger partial charge in [-0.25, -0.2) is 4.79 Å². The highest BCUT2D eigenvalue weighted by molar-refractivity contribution is 5.93. The standard InChI is InChI=1S/C23H34O4/c1-6-8-17-27-22(25)20-14-10-9-13-18(20)19(21(24)26-7-2)15-11-12-16-23(3,4)5/h7,9-10,13-14,19H,2,6,8,11-12,15-17H2,1,3-5H3. The van der Waals surface area contributed by atoms with Gasteiger partial charge >= 0.3 is 11.9 Å². The Labute approximate surface area is 163 Å². The van der Waals surface area contributed by atoms with Gasteiger partial charge in [0, 0.05) is 0 Å². The average molecular weight is 375 g/mol. The molecule has 0 aliphatic rings. The molecule has 0 radical (unpaired) electrons. The summed E-state index contributed by atoms with van der Waals surface area (Å²) in [5, 5.41) is 0. The van der Waals surface area contributed by atoms with Crippen LogP contribution in [0, 0.1) is 5.41 Å². The predicted molar refractivity (Wildman–Crippen MR) is 109 cm³/mol. The summed E-state index contributed by atoms with van der Waals surface area (Å²) in [5.41, 5.74) is 1.37. The Kier molecular flexibility index (Phi) is 9.84. The SMILES string of the molecule is C=COC(=O)C(CCCCC(C)(C)C)c1ccccc1C(=O)OCCCC. The van der Waals surface area contributed by atoms with Crippen LogP contribution in [-0.2, 0) is 14.3 Å². The molecule has 0 aromatic heterocycles. The van der Waals surface area contributed by atoms with E-state index < -0.39 is 5.92 Å². The van der Waals surface area contributed by atoms with Crippen LogP contribution in [0.4, 0.5) is 0 Å². The normalized spacial score (nSPS) is 12.3. The quantitative estimate of drug-likeness (QED) is 0.270. The highest BCUT2D eigenvalue weighted by atomic mass is 16.5. The maximum absolute atomic E-state index is 12.5. The van der Waals surface area contributed by atoms with Crippen molar-refractivity contribution >= 4 is 11.9 Å². The van der Waals surface area contributed by atoms with E-state index in [1.165, 1.54) is 0 Å². The van der Waals surface area contributed by atoms with Crippen LogP contribution in [0.5, 0.6) is 0 Å². The van der Waals surface area contributed by atoms with Crippen molar-refractivity contribution in [1.29, 1.82) is 0 Å². The number of hydrogen-bond donors (Lipinski definition) is 0. The zero-order valence-corrected chi connectivity index (χ0v) is 17.3. The predicted octanol–water partition coefficient (Wildman–Crippen LogP) is 6.02. The molecule has 27 heavy (non-hydrogen) atoms. The average Bonchev–Trinajstić information content (AvgIpc) is 2.61. The van der Waals surface area contributed by atoms with E-state index in [4.69, 9.17) is 9.47 Å². The highest BCUT2D eigenvalue weighted by Crippen LogP contribution is 2.30. The van der Waals surface area contributed by atoms with Gasteiger partial charge in [0.25, 0.3) is 0 Å². The molecule has 0 saturated carbocycles. The summed E-state index contributed by atoms with van der Waals surface area (Å²) < 4.78 is 10.4. The Morgan fingerprint density at radius 3 is 2.48 bits per heavy atom. The van der Waals surface area contributed by atoms with Crippen LogP contribution in [0.1, 0.15) is 88.1 Å². The summed E-state index contributed by atoms with van der Waals surface area (Å²) >= 11 is 0. The van der Waals surface area contributed by atoms with Crippen LogP contribution in [0.25, 0.3) is 0 Å². The number of unbranched alkanes of at least 4 members (excludes halogenated alkanes) is 2. The van der Waals surface area contributed by atoms with E-state index in [2.05, 4.69) is 27.4 Å². The maximum Gasteiger partial charge on any atom is 0.338 e. The van der Waals surface area contributed by atoms with E-state index in [-0.39, 0.29) is 17.4 Å². The van der Waals surface area contributed by atoms with Crippen LogP contribution in [0.15, 0.2) is 37.1 Å². The van der Waals surface area contributed by atoms with Gasteiger partial charge in [-0.05, 0) is 36.3 Å². The molecule has 0 N–H and O–H groups in total. The lowest BCUT2D eigenvalue weighted by Gasteiger charge is -2.20. The Morgan fingerprint density at radius 2 is 1.85 bits per heavy atom. The fourth-order valence-corrected chi connectivity index (χ4v) is 2.94. The second-order valence-electron chi connectivity index (χ2n) is 8.04. The molecule has 0 spiro atoms. The zero-order valence-electron chi connectivity index (χ0n) is 17.3. The molecule has 1 unspecified atom stereocenters. The third kappa shape index (κ3) is 8.42. The first-order chi connectivity index (χ1) is 12.8. The Bertz CT molecular complexity index is 613. The van der Waals surface area contributed by atoms with Crippen LogP contribution in [0.2, 0.25) is 0 Å². The van der Waals surface area contributed by atoms with E-state index in [1.54, 1.807) is 12.1 Å². The Balaban J connectivity index is 2.95. The van der Waals surface area contributed by atoms with Crippen LogP contribution >= 0.6 is 0 Å². The first-order valence-corrected chi connectivity index (χ1v) is 9.87. The maximum atomic E-state index is 12.5. The van der Waals surface area contributed by atoms with E-state index in [1.807, 2.05) is 19.1 Å². The Hall–Kier alpha value is -2.10. The summed E-state index contributed by atoms with van der Waals surface area (Å²) in [6, 6.07) is 7.15. The molecule has 0 aliphatic heterocycles. The van der Waals surface area contributed by atoms with Crippen molar-refractivity contribution in [2.75, 3.05) is 6.61 Å². The lowest BCUT2D eigenvalue weighted by Crippen LogP contribution is -2.19. The third-order valence-corrected chi connectivity index (χ3v) is 4.44. The minimum Gasteiger partial charge on any atom is -0.462 e. The minimum absolute atomic E-state index is 0.262. The topological polar surface area (TPSA) is 52.6 Å². The van der Waals surface area contributed by atoms with Gasteiger partial charge in [-0.1, -0.05) is 71.7 Å². The first kappa shape index (κ1) is 22.9. The molecule has 150 valence electrons. The van der Waals surface area contributed by atoms with Gasteiger partial charge in [0.15, 0.2) is 0 Å². The minimum atomic E-state index is -0.502. The van der Waals surface area contributed by atoms with E-state index >= 15 is 0 Å². The fourth-order valence-electron chi connectivity index (χ4n) is 2.94. The molecule has 4 nitrogen and oxygen atoms in total. The lowest BCUT2D eigenvalue weighted by atomic mass is 9.86. The Morgan fingerprint density at radius 1 is 1.15 bits per heavy atom. The lowest BCUT2D eigenvalue weighted by molar-refractivity contribution is -0.140. The molecule has 4 heteroatoms. The summed E-state index contributed by atoms with van der Waals surface area (Å²) in [6.45, 7) is 12.5.